The number of carboxylic acids is 1. The van der Waals surface area contributed by atoms with E-state index in [4.69, 9.17) is 4.74 Å². The van der Waals surface area contributed by atoms with Gasteiger partial charge in [0.15, 0.2) is 0 Å². The van der Waals surface area contributed by atoms with Gasteiger partial charge in [0, 0.05) is 6.54 Å². The van der Waals surface area contributed by atoms with Gasteiger partial charge in [-0.25, -0.2) is 13.2 Å². The molecule has 9 heteroatoms. The van der Waals surface area contributed by atoms with Crippen LogP contribution in [0.4, 0.5) is 4.79 Å². The Balaban J connectivity index is 1.90. The topological polar surface area (TPSA) is 122 Å². The van der Waals surface area contributed by atoms with Crippen molar-refractivity contribution in [2.24, 2.45) is 0 Å². The summed E-state index contributed by atoms with van der Waals surface area (Å²) in [7, 11) is -4.03. The first kappa shape index (κ1) is 19.4. The van der Waals surface area contributed by atoms with Crippen LogP contribution in [0, 0.1) is 0 Å². The summed E-state index contributed by atoms with van der Waals surface area (Å²) in [4.78, 5) is 22.9. The van der Waals surface area contributed by atoms with Crippen LogP contribution in [0.25, 0.3) is 0 Å². The minimum atomic E-state index is -4.03. The zero-order valence-corrected chi connectivity index (χ0v) is 14.5. The highest BCUT2D eigenvalue weighted by Crippen LogP contribution is 2.08. The van der Waals surface area contributed by atoms with E-state index in [9.17, 15) is 23.1 Å². The summed E-state index contributed by atoms with van der Waals surface area (Å²) >= 11 is 0. The highest BCUT2D eigenvalue weighted by molar-refractivity contribution is 7.89. The number of sulfonamides is 1. The molecule has 138 valence electrons. The average molecular weight is 378 g/mol. The highest BCUT2D eigenvalue weighted by Gasteiger charge is 2.25. The fourth-order valence-electron chi connectivity index (χ4n) is 1.99. The molecule has 2 aromatic carbocycles. The number of benzene rings is 2. The van der Waals surface area contributed by atoms with E-state index >= 15 is 0 Å². The molecule has 0 spiro atoms. The van der Waals surface area contributed by atoms with Crippen molar-refractivity contribution in [2.75, 3.05) is 6.54 Å². The van der Waals surface area contributed by atoms with Crippen LogP contribution in [-0.4, -0.2) is 38.2 Å². The van der Waals surface area contributed by atoms with Crippen molar-refractivity contribution in [3.05, 3.63) is 66.2 Å². The van der Waals surface area contributed by atoms with Crippen molar-refractivity contribution in [1.29, 1.82) is 0 Å². The molecule has 0 heterocycles. The van der Waals surface area contributed by atoms with Gasteiger partial charge < -0.3 is 15.2 Å². The minimum absolute atomic E-state index is 0.0140. The van der Waals surface area contributed by atoms with Crippen LogP contribution < -0.4 is 10.0 Å². The normalized spacial score (nSPS) is 12.2. The van der Waals surface area contributed by atoms with Gasteiger partial charge in [-0.05, 0) is 17.7 Å². The number of aliphatic carboxylic acids is 1. The summed E-state index contributed by atoms with van der Waals surface area (Å²) in [5.74, 6) is -1.42. The average Bonchev–Trinajstić information content (AvgIpc) is 2.64. The second kappa shape index (κ2) is 8.97. The van der Waals surface area contributed by atoms with Crippen LogP contribution in [0.15, 0.2) is 65.6 Å². The molecule has 8 nitrogen and oxygen atoms in total. The van der Waals surface area contributed by atoms with Gasteiger partial charge in [-0.2, -0.15) is 4.72 Å². The predicted octanol–water partition coefficient (Wildman–Crippen LogP) is 1.34. The second-order valence-electron chi connectivity index (χ2n) is 5.27. The molecule has 0 aliphatic heterocycles. The Kier molecular flexibility index (Phi) is 6.70. The minimum Gasteiger partial charge on any atom is -0.480 e. The van der Waals surface area contributed by atoms with Crippen molar-refractivity contribution < 1.29 is 27.9 Å². The molecule has 0 aliphatic carbocycles. The standard InChI is InChI=1S/C17H18N2O6S/c20-16(21)15(19-26(23,24)14-9-5-2-6-10-14)11-18-17(22)25-12-13-7-3-1-4-8-13/h1-10,15,19H,11-12H2,(H,18,22)(H,20,21)/t15-/m0/s1. The van der Waals surface area contributed by atoms with Gasteiger partial charge in [-0.1, -0.05) is 48.5 Å². The van der Waals surface area contributed by atoms with Crippen molar-refractivity contribution in [3.8, 4) is 0 Å². The Morgan fingerprint density at radius 2 is 1.58 bits per heavy atom. The van der Waals surface area contributed by atoms with Crippen LogP contribution in [-0.2, 0) is 26.2 Å². The van der Waals surface area contributed by atoms with E-state index in [2.05, 4.69) is 5.32 Å². The summed E-state index contributed by atoms with van der Waals surface area (Å²) in [5, 5.41) is 11.4. The largest absolute Gasteiger partial charge is 0.480 e. The number of hydrogen-bond donors (Lipinski definition) is 3. The quantitative estimate of drug-likeness (QED) is 0.637. The Hall–Kier alpha value is -2.91. The Morgan fingerprint density at radius 3 is 2.15 bits per heavy atom. The third-order valence-electron chi connectivity index (χ3n) is 3.31. The lowest BCUT2D eigenvalue weighted by Crippen LogP contribution is -2.48. The summed E-state index contributed by atoms with van der Waals surface area (Å²) in [6, 6.07) is 14.7. The monoisotopic (exact) mass is 378 g/mol. The van der Waals surface area contributed by atoms with Gasteiger partial charge in [0.05, 0.1) is 4.90 Å². The number of carbonyl (C=O) groups is 2. The number of nitrogens with one attached hydrogen (secondary N) is 2. The van der Waals surface area contributed by atoms with Gasteiger partial charge in [0.2, 0.25) is 10.0 Å². The zero-order chi connectivity index (χ0) is 19.0. The van der Waals surface area contributed by atoms with Gasteiger partial charge in [0.25, 0.3) is 0 Å². The summed E-state index contributed by atoms with van der Waals surface area (Å²) in [5.41, 5.74) is 0.766. The molecule has 0 unspecified atom stereocenters. The van der Waals surface area contributed by atoms with Gasteiger partial charge in [-0.15, -0.1) is 0 Å². The zero-order valence-electron chi connectivity index (χ0n) is 13.7. The molecular formula is C17H18N2O6S. The number of amides is 1. The van der Waals surface area contributed by atoms with Crippen molar-refractivity contribution in [1.82, 2.24) is 10.0 Å². The Labute approximate surface area is 150 Å². The van der Waals surface area contributed by atoms with E-state index in [0.29, 0.717) is 0 Å². The number of carbonyl (C=O) groups excluding carboxylic acids is 1. The first-order valence-electron chi connectivity index (χ1n) is 7.63. The summed E-state index contributed by atoms with van der Waals surface area (Å²) in [6.07, 6.45) is -0.848. The molecule has 2 aromatic rings. The molecule has 0 aliphatic rings. The van der Waals surface area contributed by atoms with Crippen LogP contribution in [0.3, 0.4) is 0 Å². The first-order valence-corrected chi connectivity index (χ1v) is 9.11. The van der Waals surface area contributed by atoms with E-state index in [0.717, 1.165) is 5.56 Å². The van der Waals surface area contributed by atoms with Gasteiger partial charge >= 0.3 is 12.1 Å². The highest BCUT2D eigenvalue weighted by atomic mass is 32.2. The smallest absolute Gasteiger partial charge is 0.407 e. The molecule has 1 amide bonds. The molecule has 2 rings (SSSR count). The molecule has 1 atom stereocenters. The SMILES string of the molecule is O=C(NC[C@H](NS(=O)(=O)c1ccccc1)C(=O)O)OCc1ccccc1. The lowest BCUT2D eigenvalue weighted by Gasteiger charge is -2.15. The summed E-state index contributed by atoms with van der Waals surface area (Å²) in [6.45, 7) is -0.449. The van der Waals surface area contributed by atoms with Crippen molar-refractivity contribution in [3.63, 3.8) is 0 Å². The van der Waals surface area contributed by atoms with Crippen LogP contribution >= 0.6 is 0 Å². The maximum absolute atomic E-state index is 12.2. The van der Waals surface area contributed by atoms with Crippen LogP contribution in [0.1, 0.15) is 5.56 Å². The molecular weight excluding hydrogens is 360 g/mol. The molecule has 0 fully saturated rings. The molecule has 0 saturated heterocycles. The number of ether oxygens (including phenoxy) is 1. The number of hydrogen-bond acceptors (Lipinski definition) is 5. The number of alkyl carbamates (subject to hydrolysis) is 1. The molecule has 26 heavy (non-hydrogen) atoms. The molecule has 0 radical (unpaired) electrons. The molecule has 3 N–H and O–H groups in total. The number of rotatable bonds is 8. The van der Waals surface area contributed by atoms with E-state index < -0.39 is 34.7 Å². The second-order valence-corrected chi connectivity index (χ2v) is 6.98. The van der Waals surface area contributed by atoms with Crippen molar-refractivity contribution in [2.45, 2.75) is 17.5 Å². The third kappa shape index (κ3) is 5.87. The predicted molar refractivity (Wildman–Crippen MR) is 92.8 cm³/mol. The van der Waals surface area contributed by atoms with Gasteiger partial charge in [0.1, 0.15) is 12.6 Å². The van der Waals surface area contributed by atoms with Crippen molar-refractivity contribution >= 4 is 22.1 Å². The maximum atomic E-state index is 12.2. The van der Waals surface area contributed by atoms with Crippen LogP contribution in [0.2, 0.25) is 0 Å². The van der Waals surface area contributed by atoms with E-state index in [1.54, 1.807) is 30.3 Å². The Morgan fingerprint density at radius 1 is 1.00 bits per heavy atom. The Bertz CT molecular complexity index is 840. The van der Waals surface area contributed by atoms with E-state index in [-0.39, 0.29) is 11.5 Å². The van der Waals surface area contributed by atoms with E-state index in [1.165, 1.54) is 24.3 Å². The third-order valence-corrected chi connectivity index (χ3v) is 4.80. The molecule has 0 saturated carbocycles. The van der Waals surface area contributed by atoms with E-state index in [1.807, 2.05) is 10.8 Å². The van der Waals surface area contributed by atoms with Gasteiger partial charge in [-0.3, -0.25) is 4.79 Å². The molecule has 0 bridgehead atoms. The lowest BCUT2D eigenvalue weighted by molar-refractivity contribution is -0.138. The molecule has 0 aromatic heterocycles. The fourth-order valence-corrected chi connectivity index (χ4v) is 3.20. The number of carboxylic acid groups (broad SMARTS) is 1. The lowest BCUT2D eigenvalue weighted by atomic mass is 10.2. The fraction of sp³-hybridized carbons (Fsp3) is 0.176. The first-order chi connectivity index (χ1) is 12.4. The van der Waals surface area contributed by atoms with Crippen LogP contribution in [0.5, 0.6) is 0 Å². The maximum Gasteiger partial charge on any atom is 0.407 e. The summed E-state index contributed by atoms with van der Waals surface area (Å²) < 4.78 is 31.4.